The molecule has 2 aliphatic rings. The first-order valence-electron chi connectivity index (χ1n) is 7.97. The summed E-state index contributed by atoms with van der Waals surface area (Å²) in [7, 11) is -1.60. The second-order valence-corrected chi connectivity index (χ2v) is 10.9. The van der Waals surface area contributed by atoms with Crippen molar-refractivity contribution in [2.45, 2.75) is 19.5 Å². The summed E-state index contributed by atoms with van der Waals surface area (Å²) >= 11 is 0. The topological polar surface area (TPSA) is 0 Å². The van der Waals surface area contributed by atoms with Gasteiger partial charge in [-0.15, -0.1) is 0 Å². The van der Waals surface area contributed by atoms with Crippen LogP contribution in [0.25, 0.3) is 5.57 Å². The highest BCUT2D eigenvalue weighted by atomic mass is 28.3. The van der Waals surface area contributed by atoms with Crippen LogP contribution in [-0.2, 0) is 0 Å². The van der Waals surface area contributed by atoms with E-state index >= 15 is 0 Å². The molecule has 108 valence electrons. The summed E-state index contributed by atoms with van der Waals surface area (Å²) in [6.45, 7) is 4.97. The summed E-state index contributed by atoms with van der Waals surface area (Å²) in [5.41, 5.74) is 5.62. The van der Waals surface area contributed by atoms with E-state index in [1.165, 1.54) is 22.3 Å². The smallest absolute Gasteiger partial charge is 0.0805 e. The molecule has 0 spiro atoms. The SMILES string of the molecule is C[Si]1(C)C2=CCC=CC2=C(c2ccccc2)c2ccccc21. The minimum absolute atomic E-state index is 1.07. The summed E-state index contributed by atoms with van der Waals surface area (Å²) in [5.74, 6) is 0. The van der Waals surface area contributed by atoms with Gasteiger partial charge in [0.05, 0.1) is 0 Å². The molecular formula is C21H20Si. The lowest BCUT2D eigenvalue weighted by Gasteiger charge is -2.37. The molecule has 0 nitrogen and oxygen atoms in total. The van der Waals surface area contributed by atoms with Crippen molar-refractivity contribution >= 4 is 18.8 Å². The number of allylic oxidation sites excluding steroid dienone is 5. The van der Waals surface area contributed by atoms with Gasteiger partial charge in [-0.25, -0.2) is 0 Å². The molecule has 0 radical (unpaired) electrons. The third-order valence-corrected chi connectivity index (χ3v) is 8.51. The van der Waals surface area contributed by atoms with E-state index in [4.69, 9.17) is 0 Å². The zero-order valence-corrected chi connectivity index (χ0v) is 14.1. The molecule has 1 aliphatic carbocycles. The maximum atomic E-state index is 2.48. The summed E-state index contributed by atoms with van der Waals surface area (Å²) in [6, 6.07) is 19.9. The quantitative estimate of drug-likeness (QED) is 0.661. The molecule has 0 aromatic heterocycles. The summed E-state index contributed by atoms with van der Waals surface area (Å²) < 4.78 is 0. The van der Waals surface area contributed by atoms with Crippen LogP contribution < -0.4 is 5.19 Å². The van der Waals surface area contributed by atoms with E-state index in [0.29, 0.717) is 0 Å². The van der Waals surface area contributed by atoms with Gasteiger partial charge >= 0.3 is 0 Å². The van der Waals surface area contributed by atoms with Gasteiger partial charge in [-0.05, 0) is 33.9 Å². The average molecular weight is 300 g/mol. The van der Waals surface area contributed by atoms with Crippen LogP contribution in [-0.4, -0.2) is 8.07 Å². The minimum Gasteiger partial charge on any atom is -0.0805 e. The number of hydrogen-bond acceptors (Lipinski definition) is 0. The highest BCUT2D eigenvalue weighted by Gasteiger charge is 2.38. The fourth-order valence-electron chi connectivity index (χ4n) is 3.83. The highest BCUT2D eigenvalue weighted by molar-refractivity contribution is 6.97. The molecule has 1 aliphatic heterocycles. The van der Waals surface area contributed by atoms with Gasteiger partial charge in [-0.2, -0.15) is 0 Å². The molecule has 22 heavy (non-hydrogen) atoms. The average Bonchev–Trinajstić information content (AvgIpc) is 2.56. The lowest BCUT2D eigenvalue weighted by atomic mass is 9.90. The van der Waals surface area contributed by atoms with Crippen LogP contribution in [0.2, 0.25) is 13.1 Å². The fraction of sp³-hybridized carbons (Fsp3) is 0.143. The molecule has 0 atom stereocenters. The van der Waals surface area contributed by atoms with E-state index in [2.05, 4.69) is 85.9 Å². The Morgan fingerprint density at radius 2 is 1.59 bits per heavy atom. The van der Waals surface area contributed by atoms with Gasteiger partial charge in [0.15, 0.2) is 0 Å². The molecule has 0 N–H and O–H groups in total. The Balaban J connectivity index is 2.10. The van der Waals surface area contributed by atoms with E-state index in [1.807, 2.05) is 0 Å². The standard InChI is InChI=1S/C21H20Si/c1-22(2)19-14-8-6-12-17(19)21(16-10-4-3-5-11-16)18-13-7-9-15-20(18)22/h3-8,10-15H,9H2,1-2H3. The van der Waals surface area contributed by atoms with Crippen LogP contribution in [0.15, 0.2) is 83.6 Å². The van der Waals surface area contributed by atoms with Crippen molar-refractivity contribution in [2.75, 3.05) is 0 Å². The largest absolute Gasteiger partial charge is 0.113 e. The van der Waals surface area contributed by atoms with E-state index in [1.54, 1.807) is 10.4 Å². The molecular weight excluding hydrogens is 280 g/mol. The first-order valence-corrected chi connectivity index (χ1v) is 11.0. The van der Waals surface area contributed by atoms with Crippen LogP contribution in [0.5, 0.6) is 0 Å². The monoisotopic (exact) mass is 300 g/mol. The Morgan fingerprint density at radius 1 is 0.864 bits per heavy atom. The fourth-order valence-corrected chi connectivity index (χ4v) is 7.03. The molecule has 4 rings (SSSR count). The van der Waals surface area contributed by atoms with Crippen molar-refractivity contribution in [1.29, 1.82) is 0 Å². The molecule has 1 heteroatoms. The number of benzene rings is 2. The third kappa shape index (κ3) is 1.89. The van der Waals surface area contributed by atoms with Crippen molar-refractivity contribution in [1.82, 2.24) is 0 Å². The van der Waals surface area contributed by atoms with Gasteiger partial charge in [-0.3, -0.25) is 0 Å². The number of fused-ring (bicyclic) bond motifs is 2. The van der Waals surface area contributed by atoms with Crippen molar-refractivity contribution < 1.29 is 0 Å². The Morgan fingerprint density at radius 3 is 2.41 bits per heavy atom. The molecule has 0 amide bonds. The van der Waals surface area contributed by atoms with Crippen LogP contribution in [0, 0.1) is 0 Å². The van der Waals surface area contributed by atoms with Crippen LogP contribution in [0.1, 0.15) is 17.5 Å². The Hall–Kier alpha value is -2.12. The van der Waals surface area contributed by atoms with Crippen molar-refractivity contribution in [3.8, 4) is 0 Å². The minimum atomic E-state index is -1.60. The highest BCUT2D eigenvalue weighted by Crippen LogP contribution is 2.41. The third-order valence-electron chi connectivity index (χ3n) is 4.91. The Kier molecular flexibility index (Phi) is 3.05. The van der Waals surface area contributed by atoms with Crippen LogP contribution in [0.3, 0.4) is 0 Å². The van der Waals surface area contributed by atoms with Crippen LogP contribution >= 0.6 is 0 Å². The number of rotatable bonds is 1. The van der Waals surface area contributed by atoms with Gasteiger partial charge < -0.3 is 0 Å². The predicted molar refractivity (Wildman–Crippen MR) is 97.9 cm³/mol. The van der Waals surface area contributed by atoms with Crippen molar-refractivity contribution in [3.63, 3.8) is 0 Å². The molecule has 2 aromatic carbocycles. The van der Waals surface area contributed by atoms with E-state index in [0.717, 1.165) is 6.42 Å². The molecule has 1 heterocycles. The zero-order chi connectivity index (χ0) is 15.2. The lowest BCUT2D eigenvalue weighted by Crippen LogP contribution is -2.49. The maximum Gasteiger partial charge on any atom is 0.113 e. The molecule has 0 bridgehead atoms. The Bertz CT molecular complexity index is 820. The van der Waals surface area contributed by atoms with Gasteiger partial charge in [0.25, 0.3) is 0 Å². The molecule has 0 saturated carbocycles. The second-order valence-electron chi connectivity index (χ2n) is 6.58. The molecule has 0 saturated heterocycles. The van der Waals surface area contributed by atoms with Crippen LogP contribution in [0.4, 0.5) is 0 Å². The van der Waals surface area contributed by atoms with E-state index in [9.17, 15) is 0 Å². The van der Waals surface area contributed by atoms with Gasteiger partial charge in [0.2, 0.25) is 0 Å². The second kappa shape index (κ2) is 4.96. The number of hydrogen-bond donors (Lipinski definition) is 0. The van der Waals surface area contributed by atoms with Gasteiger partial charge in [0.1, 0.15) is 8.07 Å². The van der Waals surface area contributed by atoms with Gasteiger partial charge in [-0.1, -0.05) is 91.1 Å². The summed E-state index contributed by atoms with van der Waals surface area (Å²) in [6.07, 6.45) is 8.17. The summed E-state index contributed by atoms with van der Waals surface area (Å²) in [5, 5.41) is 3.17. The molecule has 0 fully saturated rings. The predicted octanol–water partition coefficient (Wildman–Crippen LogP) is 4.84. The van der Waals surface area contributed by atoms with Crippen molar-refractivity contribution in [3.05, 3.63) is 94.7 Å². The first kappa shape index (κ1) is 13.5. The zero-order valence-electron chi connectivity index (χ0n) is 13.1. The Labute approximate surface area is 133 Å². The molecule has 0 unspecified atom stereocenters. The molecule has 2 aromatic rings. The van der Waals surface area contributed by atoms with E-state index < -0.39 is 8.07 Å². The summed E-state index contributed by atoms with van der Waals surface area (Å²) in [4.78, 5) is 0. The maximum absolute atomic E-state index is 2.48. The van der Waals surface area contributed by atoms with Gasteiger partial charge in [0, 0.05) is 0 Å². The normalized spacial score (nSPS) is 18.5. The lowest BCUT2D eigenvalue weighted by molar-refractivity contribution is 1.30. The van der Waals surface area contributed by atoms with Crippen molar-refractivity contribution in [2.24, 2.45) is 0 Å². The van der Waals surface area contributed by atoms with E-state index in [-0.39, 0.29) is 0 Å². The first-order chi connectivity index (χ1) is 10.7.